The Morgan fingerprint density at radius 1 is 1.14 bits per heavy atom. The number of rotatable bonds is 6. The zero-order valence-corrected chi connectivity index (χ0v) is 16.2. The molecule has 1 aliphatic rings. The average Bonchev–Trinajstić information content (AvgIpc) is 3.37. The SMILES string of the molecule is Nn1c(SCC(=O)Nc2ccc(N3CCCCC3)cc2)nnc1-c1ccco1. The number of benzene rings is 1. The average molecular weight is 398 g/mol. The molecule has 28 heavy (non-hydrogen) atoms. The molecule has 0 saturated carbocycles. The third-order valence-corrected chi connectivity index (χ3v) is 5.55. The normalized spacial score (nSPS) is 14.2. The first-order valence-corrected chi connectivity index (χ1v) is 10.2. The Bertz CT molecular complexity index is 917. The lowest BCUT2D eigenvalue weighted by Crippen LogP contribution is -2.29. The van der Waals surface area contributed by atoms with Crippen LogP contribution >= 0.6 is 11.8 Å². The minimum atomic E-state index is -0.127. The van der Waals surface area contributed by atoms with Crippen molar-refractivity contribution in [3.63, 3.8) is 0 Å². The molecule has 0 atom stereocenters. The number of hydrogen-bond donors (Lipinski definition) is 2. The molecule has 2 aromatic heterocycles. The lowest BCUT2D eigenvalue weighted by Gasteiger charge is -2.28. The Kier molecular flexibility index (Phi) is 5.52. The first kappa shape index (κ1) is 18.4. The summed E-state index contributed by atoms with van der Waals surface area (Å²) in [7, 11) is 0. The summed E-state index contributed by atoms with van der Waals surface area (Å²) in [6.45, 7) is 2.20. The molecular formula is C19H22N6O2S. The number of piperidine rings is 1. The fraction of sp³-hybridized carbons (Fsp3) is 0.316. The highest BCUT2D eigenvalue weighted by Gasteiger charge is 2.16. The number of nitrogens with one attached hydrogen (secondary N) is 1. The molecule has 1 saturated heterocycles. The van der Waals surface area contributed by atoms with E-state index in [1.165, 1.54) is 41.4 Å². The maximum absolute atomic E-state index is 12.3. The zero-order valence-electron chi connectivity index (χ0n) is 15.4. The fourth-order valence-electron chi connectivity index (χ4n) is 3.18. The van der Waals surface area contributed by atoms with E-state index in [4.69, 9.17) is 10.3 Å². The number of anilines is 2. The van der Waals surface area contributed by atoms with Gasteiger partial charge >= 0.3 is 0 Å². The van der Waals surface area contributed by atoms with Gasteiger partial charge in [-0.25, -0.2) is 4.68 Å². The second-order valence-corrected chi connectivity index (χ2v) is 7.53. The van der Waals surface area contributed by atoms with E-state index >= 15 is 0 Å². The van der Waals surface area contributed by atoms with E-state index in [2.05, 4.69) is 32.5 Å². The van der Waals surface area contributed by atoms with Crippen molar-refractivity contribution < 1.29 is 9.21 Å². The fourth-order valence-corrected chi connectivity index (χ4v) is 3.84. The summed E-state index contributed by atoms with van der Waals surface area (Å²) >= 11 is 1.22. The monoisotopic (exact) mass is 398 g/mol. The van der Waals surface area contributed by atoms with E-state index in [9.17, 15) is 4.79 Å². The maximum Gasteiger partial charge on any atom is 0.234 e. The van der Waals surface area contributed by atoms with E-state index < -0.39 is 0 Å². The smallest absolute Gasteiger partial charge is 0.234 e. The van der Waals surface area contributed by atoms with E-state index in [0.29, 0.717) is 16.7 Å². The van der Waals surface area contributed by atoms with Crippen LogP contribution < -0.4 is 16.1 Å². The minimum Gasteiger partial charge on any atom is -0.461 e. The number of nitrogens with two attached hydrogens (primary N) is 1. The number of nitrogen functional groups attached to an aromatic ring is 1. The second-order valence-electron chi connectivity index (χ2n) is 6.58. The molecule has 146 valence electrons. The van der Waals surface area contributed by atoms with Gasteiger partial charge in [0.25, 0.3) is 0 Å². The van der Waals surface area contributed by atoms with Crippen LogP contribution in [0.2, 0.25) is 0 Å². The second kappa shape index (κ2) is 8.39. The van der Waals surface area contributed by atoms with Gasteiger partial charge in [-0.1, -0.05) is 11.8 Å². The minimum absolute atomic E-state index is 0.127. The predicted octanol–water partition coefficient (Wildman–Crippen LogP) is 2.97. The van der Waals surface area contributed by atoms with Crippen LogP contribution in [-0.4, -0.2) is 39.6 Å². The van der Waals surface area contributed by atoms with Crippen molar-refractivity contribution in [3.8, 4) is 11.6 Å². The van der Waals surface area contributed by atoms with Gasteiger partial charge in [0, 0.05) is 24.5 Å². The van der Waals surface area contributed by atoms with Crippen LogP contribution in [0.25, 0.3) is 11.6 Å². The largest absolute Gasteiger partial charge is 0.461 e. The lowest BCUT2D eigenvalue weighted by molar-refractivity contribution is -0.113. The summed E-state index contributed by atoms with van der Waals surface area (Å²) in [5.74, 6) is 7.00. The van der Waals surface area contributed by atoms with Crippen molar-refractivity contribution in [3.05, 3.63) is 42.7 Å². The van der Waals surface area contributed by atoms with E-state index in [0.717, 1.165) is 18.8 Å². The third-order valence-electron chi connectivity index (χ3n) is 4.61. The van der Waals surface area contributed by atoms with Crippen LogP contribution in [0.15, 0.2) is 52.2 Å². The molecule has 8 nitrogen and oxygen atoms in total. The number of furan rings is 1. The number of carbonyl (C=O) groups is 1. The Morgan fingerprint density at radius 3 is 2.64 bits per heavy atom. The van der Waals surface area contributed by atoms with Crippen molar-refractivity contribution in [1.29, 1.82) is 0 Å². The number of amides is 1. The number of thioether (sulfide) groups is 1. The maximum atomic E-state index is 12.3. The molecule has 1 amide bonds. The molecule has 0 radical (unpaired) electrons. The van der Waals surface area contributed by atoms with Gasteiger partial charge in [0.1, 0.15) is 0 Å². The quantitative estimate of drug-likeness (QED) is 0.486. The number of nitrogens with zero attached hydrogens (tertiary/aromatic N) is 4. The first-order chi connectivity index (χ1) is 13.7. The lowest BCUT2D eigenvalue weighted by atomic mass is 10.1. The summed E-state index contributed by atoms with van der Waals surface area (Å²) in [6, 6.07) is 11.5. The van der Waals surface area contributed by atoms with E-state index in [-0.39, 0.29) is 11.7 Å². The molecule has 0 spiro atoms. The van der Waals surface area contributed by atoms with Crippen molar-refractivity contribution in [2.45, 2.75) is 24.4 Å². The summed E-state index contributed by atoms with van der Waals surface area (Å²) in [5, 5.41) is 11.4. The van der Waals surface area contributed by atoms with Crippen LogP contribution in [0.1, 0.15) is 19.3 Å². The van der Waals surface area contributed by atoms with Gasteiger partial charge in [-0.05, 0) is 55.7 Å². The molecule has 3 N–H and O–H groups in total. The van der Waals surface area contributed by atoms with Gasteiger partial charge in [0.05, 0.1) is 12.0 Å². The van der Waals surface area contributed by atoms with Crippen molar-refractivity contribution in [2.24, 2.45) is 0 Å². The zero-order chi connectivity index (χ0) is 19.3. The van der Waals surface area contributed by atoms with Gasteiger partial charge in [0.2, 0.25) is 16.9 Å². The van der Waals surface area contributed by atoms with E-state index in [1.54, 1.807) is 18.4 Å². The number of hydrogen-bond acceptors (Lipinski definition) is 7. The van der Waals surface area contributed by atoms with Crippen molar-refractivity contribution in [1.82, 2.24) is 14.9 Å². The molecule has 0 unspecified atom stereocenters. The molecule has 9 heteroatoms. The molecule has 1 aromatic carbocycles. The highest BCUT2D eigenvalue weighted by molar-refractivity contribution is 7.99. The standard InChI is InChI=1S/C19H22N6O2S/c20-25-18(16-5-4-12-27-16)22-23-19(25)28-13-17(26)21-14-6-8-15(9-7-14)24-10-2-1-3-11-24/h4-9,12H,1-3,10-11,13,20H2,(H,21,26). The van der Waals surface area contributed by atoms with E-state index in [1.807, 2.05) is 12.1 Å². The number of carbonyl (C=O) groups excluding carboxylic acids is 1. The molecule has 3 heterocycles. The molecule has 0 aliphatic carbocycles. The highest BCUT2D eigenvalue weighted by Crippen LogP contribution is 2.23. The summed E-state index contributed by atoms with van der Waals surface area (Å²) in [6.07, 6.45) is 5.33. The van der Waals surface area contributed by atoms with Crippen LogP contribution in [0.3, 0.4) is 0 Å². The summed E-state index contributed by atoms with van der Waals surface area (Å²) in [5.41, 5.74) is 1.98. The van der Waals surface area contributed by atoms with Gasteiger partial charge in [-0.15, -0.1) is 10.2 Å². The topological polar surface area (TPSA) is 102 Å². The Hall–Kier alpha value is -2.94. The van der Waals surface area contributed by atoms with Gasteiger partial charge in [-0.2, -0.15) is 0 Å². The van der Waals surface area contributed by atoms with Crippen LogP contribution in [0.5, 0.6) is 0 Å². The molecule has 1 fully saturated rings. The third kappa shape index (κ3) is 4.14. The highest BCUT2D eigenvalue weighted by atomic mass is 32.2. The van der Waals surface area contributed by atoms with Crippen LogP contribution in [0, 0.1) is 0 Å². The van der Waals surface area contributed by atoms with Gasteiger partial charge in [-0.3, -0.25) is 4.79 Å². The van der Waals surface area contributed by atoms with Crippen molar-refractivity contribution >= 4 is 29.0 Å². The first-order valence-electron chi connectivity index (χ1n) is 9.23. The van der Waals surface area contributed by atoms with Crippen LogP contribution in [-0.2, 0) is 4.79 Å². The van der Waals surface area contributed by atoms with Gasteiger partial charge in [0.15, 0.2) is 5.76 Å². The Balaban J connectivity index is 1.31. The molecule has 4 rings (SSSR count). The molecular weight excluding hydrogens is 376 g/mol. The number of aromatic nitrogens is 3. The van der Waals surface area contributed by atoms with Gasteiger partial charge < -0.3 is 20.5 Å². The molecule has 0 bridgehead atoms. The van der Waals surface area contributed by atoms with Crippen molar-refractivity contribution in [2.75, 3.05) is 34.9 Å². The predicted molar refractivity (Wildman–Crippen MR) is 110 cm³/mol. The van der Waals surface area contributed by atoms with Crippen LogP contribution in [0.4, 0.5) is 11.4 Å². The molecule has 3 aromatic rings. The molecule has 1 aliphatic heterocycles. The summed E-state index contributed by atoms with van der Waals surface area (Å²) in [4.78, 5) is 14.6. The Labute approximate surface area is 167 Å². The Morgan fingerprint density at radius 2 is 1.93 bits per heavy atom. The summed E-state index contributed by atoms with van der Waals surface area (Å²) < 4.78 is 6.60.